The SMILES string of the molecule is COc1ccc(-c2csc(-n3ncc(-c4ccc(OC)cc4)c3N)n2)cc1. The zero-order valence-electron chi connectivity index (χ0n) is 14.9. The van der Waals surface area contributed by atoms with Crippen LogP contribution in [0.5, 0.6) is 11.5 Å². The summed E-state index contributed by atoms with van der Waals surface area (Å²) in [5.74, 6) is 2.17. The molecule has 7 heteroatoms. The van der Waals surface area contributed by atoms with Gasteiger partial charge in [-0.15, -0.1) is 11.3 Å². The predicted octanol–water partition coefficient (Wildman–Crippen LogP) is 4.26. The Labute approximate surface area is 160 Å². The van der Waals surface area contributed by atoms with Gasteiger partial charge in [0.1, 0.15) is 17.3 Å². The quantitative estimate of drug-likeness (QED) is 0.561. The van der Waals surface area contributed by atoms with E-state index in [0.717, 1.165) is 39.0 Å². The summed E-state index contributed by atoms with van der Waals surface area (Å²) in [6, 6.07) is 15.5. The molecule has 0 radical (unpaired) electrons. The van der Waals surface area contributed by atoms with Crippen molar-refractivity contribution in [3.8, 4) is 39.0 Å². The summed E-state index contributed by atoms with van der Waals surface area (Å²) in [6.45, 7) is 0. The molecular formula is C20H18N4O2S. The lowest BCUT2D eigenvalue weighted by Crippen LogP contribution is -2.01. The third-order valence-electron chi connectivity index (χ3n) is 4.27. The van der Waals surface area contributed by atoms with Crippen LogP contribution in [0, 0.1) is 0 Å². The Hall–Kier alpha value is -3.32. The van der Waals surface area contributed by atoms with Gasteiger partial charge in [0, 0.05) is 16.5 Å². The van der Waals surface area contributed by atoms with Crippen LogP contribution in [0.25, 0.3) is 27.5 Å². The van der Waals surface area contributed by atoms with Crippen LogP contribution in [0.4, 0.5) is 5.82 Å². The second kappa shape index (κ2) is 7.13. The topological polar surface area (TPSA) is 75.2 Å². The molecule has 4 aromatic rings. The van der Waals surface area contributed by atoms with Gasteiger partial charge in [0.15, 0.2) is 0 Å². The van der Waals surface area contributed by atoms with E-state index in [1.807, 2.05) is 53.9 Å². The van der Waals surface area contributed by atoms with Crippen LogP contribution in [0.15, 0.2) is 60.1 Å². The number of thiazole rings is 1. The summed E-state index contributed by atoms with van der Waals surface area (Å²) >= 11 is 1.49. The average Bonchev–Trinajstić information content (AvgIpc) is 3.35. The first-order chi connectivity index (χ1) is 13.2. The van der Waals surface area contributed by atoms with Crippen LogP contribution in [0.3, 0.4) is 0 Å². The summed E-state index contributed by atoms with van der Waals surface area (Å²) in [4.78, 5) is 4.68. The molecule has 2 aromatic carbocycles. The molecule has 27 heavy (non-hydrogen) atoms. The van der Waals surface area contributed by atoms with Crippen molar-refractivity contribution >= 4 is 17.2 Å². The van der Waals surface area contributed by atoms with Gasteiger partial charge in [-0.1, -0.05) is 12.1 Å². The first-order valence-corrected chi connectivity index (χ1v) is 9.16. The molecule has 0 spiro atoms. The first kappa shape index (κ1) is 17.1. The van der Waals surface area contributed by atoms with Crippen LogP contribution >= 0.6 is 11.3 Å². The number of ether oxygens (including phenoxy) is 2. The molecule has 0 saturated heterocycles. The molecule has 0 aliphatic heterocycles. The Morgan fingerprint density at radius 2 is 1.48 bits per heavy atom. The molecule has 2 aromatic heterocycles. The van der Waals surface area contributed by atoms with E-state index in [9.17, 15) is 0 Å². The highest BCUT2D eigenvalue weighted by molar-refractivity contribution is 7.12. The van der Waals surface area contributed by atoms with Gasteiger partial charge in [0.05, 0.1) is 26.1 Å². The lowest BCUT2D eigenvalue weighted by Gasteiger charge is -2.04. The van der Waals surface area contributed by atoms with Gasteiger partial charge in [0.25, 0.3) is 0 Å². The Morgan fingerprint density at radius 1 is 0.889 bits per heavy atom. The van der Waals surface area contributed by atoms with E-state index < -0.39 is 0 Å². The van der Waals surface area contributed by atoms with Crippen LogP contribution in [-0.4, -0.2) is 29.0 Å². The van der Waals surface area contributed by atoms with E-state index >= 15 is 0 Å². The van der Waals surface area contributed by atoms with Crippen molar-refractivity contribution in [2.75, 3.05) is 20.0 Å². The third kappa shape index (κ3) is 3.24. The minimum atomic E-state index is 0.552. The molecule has 0 fully saturated rings. The summed E-state index contributed by atoms with van der Waals surface area (Å²) in [6.07, 6.45) is 1.76. The minimum absolute atomic E-state index is 0.552. The van der Waals surface area contributed by atoms with Gasteiger partial charge in [0.2, 0.25) is 5.13 Å². The van der Waals surface area contributed by atoms with Crippen LogP contribution < -0.4 is 15.2 Å². The zero-order chi connectivity index (χ0) is 18.8. The van der Waals surface area contributed by atoms with Crippen molar-refractivity contribution < 1.29 is 9.47 Å². The van der Waals surface area contributed by atoms with Gasteiger partial charge in [-0.2, -0.15) is 9.78 Å². The Balaban J connectivity index is 1.64. The fourth-order valence-electron chi connectivity index (χ4n) is 2.76. The van der Waals surface area contributed by atoms with Crippen molar-refractivity contribution in [3.63, 3.8) is 0 Å². The Bertz CT molecular complexity index is 1050. The highest BCUT2D eigenvalue weighted by Crippen LogP contribution is 2.31. The largest absolute Gasteiger partial charge is 0.497 e. The third-order valence-corrected chi connectivity index (χ3v) is 5.08. The molecule has 0 unspecified atom stereocenters. The fraction of sp³-hybridized carbons (Fsp3) is 0.100. The highest BCUT2D eigenvalue weighted by atomic mass is 32.1. The number of methoxy groups -OCH3 is 2. The van der Waals surface area contributed by atoms with E-state index in [4.69, 9.17) is 15.2 Å². The normalized spacial score (nSPS) is 10.7. The predicted molar refractivity (Wildman–Crippen MR) is 108 cm³/mol. The molecule has 2 N–H and O–H groups in total. The summed E-state index contributed by atoms with van der Waals surface area (Å²) in [5.41, 5.74) is 10.1. The molecule has 0 saturated carbocycles. The van der Waals surface area contributed by atoms with Crippen molar-refractivity contribution in [2.45, 2.75) is 0 Å². The molecule has 0 aliphatic rings. The van der Waals surface area contributed by atoms with Crippen LogP contribution in [0.1, 0.15) is 0 Å². The first-order valence-electron chi connectivity index (χ1n) is 8.28. The lowest BCUT2D eigenvalue weighted by molar-refractivity contribution is 0.415. The molecule has 0 aliphatic carbocycles. The summed E-state index contributed by atoms with van der Waals surface area (Å²) in [7, 11) is 3.29. The van der Waals surface area contributed by atoms with Gasteiger partial charge in [-0.3, -0.25) is 0 Å². The molecule has 136 valence electrons. The van der Waals surface area contributed by atoms with Crippen molar-refractivity contribution in [2.24, 2.45) is 0 Å². The fourth-order valence-corrected chi connectivity index (χ4v) is 3.56. The summed E-state index contributed by atoms with van der Waals surface area (Å²) in [5, 5.41) is 7.14. The molecule has 0 amide bonds. The van der Waals surface area contributed by atoms with Crippen molar-refractivity contribution in [1.29, 1.82) is 0 Å². The number of benzene rings is 2. The Morgan fingerprint density at radius 3 is 2.07 bits per heavy atom. The van der Waals surface area contributed by atoms with Gasteiger partial charge in [-0.05, 0) is 42.0 Å². The Kier molecular flexibility index (Phi) is 4.52. The highest BCUT2D eigenvalue weighted by Gasteiger charge is 2.14. The molecule has 4 rings (SSSR count). The smallest absolute Gasteiger partial charge is 0.212 e. The number of rotatable bonds is 5. The number of anilines is 1. The van der Waals surface area contributed by atoms with Gasteiger partial charge < -0.3 is 15.2 Å². The standard InChI is InChI=1S/C20H18N4O2S/c1-25-15-7-3-13(4-8-15)17-11-22-24(19(17)21)20-23-18(12-27-20)14-5-9-16(26-2)10-6-14/h3-12H,21H2,1-2H3. The van der Waals surface area contributed by atoms with Crippen LogP contribution in [0.2, 0.25) is 0 Å². The second-order valence-corrected chi connectivity index (χ2v) is 6.66. The molecule has 0 bridgehead atoms. The van der Waals surface area contributed by atoms with Gasteiger partial charge >= 0.3 is 0 Å². The van der Waals surface area contributed by atoms with Crippen molar-refractivity contribution in [3.05, 3.63) is 60.1 Å². The number of aromatic nitrogens is 3. The maximum absolute atomic E-state index is 6.34. The second-order valence-electron chi connectivity index (χ2n) is 5.83. The van der Waals surface area contributed by atoms with E-state index in [1.54, 1.807) is 25.1 Å². The number of hydrogen-bond donors (Lipinski definition) is 1. The van der Waals surface area contributed by atoms with E-state index in [-0.39, 0.29) is 0 Å². The average molecular weight is 378 g/mol. The molecule has 6 nitrogen and oxygen atoms in total. The molecule has 2 heterocycles. The zero-order valence-corrected chi connectivity index (χ0v) is 15.7. The van der Waals surface area contributed by atoms with E-state index in [1.165, 1.54) is 11.3 Å². The van der Waals surface area contributed by atoms with E-state index in [2.05, 4.69) is 10.1 Å². The van der Waals surface area contributed by atoms with Crippen molar-refractivity contribution in [1.82, 2.24) is 14.8 Å². The number of nitrogens with two attached hydrogens (primary N) is 1. The van der Waals surface area contributed by atoms with Gasteiger partial charge in [-0.25, -0.2) is 4.98 Å². The molecular weight excluding hydrogens is 360 g/mol. The number of nitrogens with zero attached hydrogens (tertiary/aromatic N) is 3. The van der Waals surface area contributed by atoms with E-state index in [0.29, 0.717) is 5.82 Å². The lowest BCUT2D eigenvalue weighted by atomic mass is 10.1. The number of nitrogen functional groups attached to an aromatic ring is 1. The minimum Gasteiger partial charge on any atom is -0.497 e. The summed E-state index contributed by atoms with van der Waals surface area (Å²) < 4.78 is 12.1. The molecule has 0 atom stereocenters. The number of hydrogen-bond acceptors (Lipinski definition) is 6. The monoisotopic (exact) mass is 378 g/mol. The van der Waals surface area contributed by atoms with Crippen LogP contribution in [-0.2, 0) is 0 Å². The maximum atomic E-state index is 6.34. The maximum Gasteiger partial charge on any atom is 0.212 e.